The predicted molar refractivity (Wildman–Crippen MR) is 72.1 cm³/mol. The summed E-state index contributed by atoms with van der Waals surface area (Å²) in [6.45, 7) is 5.26. The number of rotatable bonds is 2. The summed E-state index contributed by atoms with van der Waals surface area (Å²) in [7, 11) is 0. The summed E-state index contributed by atoms with van der Waals surface area (Å²) in [5, 5.41) is 4.53. The van der Waals surface area contributed by atoms with Gasteiger partial charge in [0.05, 0.1) is 6.54 Å². The van der Waals surface area contributed by atoms with Gasteiger partial charge in [-0.25, -0.2) is 0 Å². The topological polar surface area (TPSA) is 28.4 Å². The normalized spacial score (nSPS) is 17.7. The van der Waals surface area contributed by atoms with E-state index in [1.54, 1.807) is 0 Å². The highest BCUT2D eigenvalue weighted by Crippen LogP contribution is 2.24. The zero-order valence-electron chi connectivity index (χ0n) is 9.58. The quantitative estimate of drug-likeness (QED) is 0.923. The molecule has 90 valence electrons. The lowest BCUT2D eigenvalue weighted by atomic mass is 10.2. The molecule has 0 atom stereocenters. The first-order valence-electron chi connectivity index (χ1n) is 5.92. The number of halogens is 1. The third kappa shape index (κ3) is 2.54. The van der Waals surface area contributed by atoms with Crippen molar-refractivity contribution in [3.63, 3.8) is 0 Å². The Morgan fingerprint density at radius 1 is 1.24 bits per heavy atom. The Hall–Kier alpha value is -0.840. The molecule has 0 amide bonds. The Balaban J connectivity index is 1.80. The summed E-state index contributed by atoms with van der Waals surface area (Å²) in [5.74, 6) is 1.06. The van der Waals surface area contributed by atoms with Gasteiger partial charge in [0.25, 0.3) is 0 Å². The number of piperazine rings is 1. The minimum Gasteiger partial charge on any atom is -0.460 e. The van der Waals surface area contributed by atoms with E-state index in [2.05, 4.69) is 38.3 Å². The summed E-state index contributed by atoms with van der Waals surface area (Å²) < 4.78 is 6.94. The second-order valence-electron chi connectivity index (χ2n) is 4.42. The van der Waals surface area contributed by atoms with Crippen LogP contribution in [-0.2, 0) is 6.54 Å². The number of nitrogens with zero attached hydrogens (tertiary/aromatic N) is 1. The molecule has 1 aliphatic rings. The Morgan fingerprint density at radius 2 is 2.06 bits per heavy atom. The van der Waals surface area contributed by atoms with Gasteiger partial charge in [0, 0.05) is 36.0 Å². The summed E-state index contributed by atoms with van der Waals surface area (Å²) in [6, 6.07) is 8.27. The molecule has 1 aromatic carbocycles. The molecule has 2 heterocycles. The van der Waals surface area contributed by atoms with Crippen molar-refractivity contribution < 1.29 is 4.42 Å². The lowest BCUT2D eigenvalue weighted by Gasteiger charge is -2.26. The molecule has 3 rings (SSSR count). The molecule has 0 spiro atoms. The molecule has 0 unspecified atom stereocenters. The van der Waals surface area contributed by atoms with Crippen molar-refractivity contribution in [1.82, 2.24) is 10.2 Å². The van der Waals surface area contributed by atoms with Crippen LogP contribution in [0.3, 0.4) is 0 Å². The molecule has 17 heavy (non-hydrogen) atoms. The lowest BCUT2D eigenvalue weighted by molar-refractivity contribution is 0.218. The van der Waals surface area contributed by atoms with E-state index in [4.69, 9.17) is 4.42 Å². The fourth-order valence-electron chi connectivity index (χ4n) is 2.24. The van der Waals surface area contributed by atoms with E-state index in [9.17, 15) is 0 Å². The molecule has 0 saturated carbocycles. The van der Waals surface area contributed by atoms with Crippen LogP contribution in [0.2, 0.25) is 0 Å². The first-order chi connectivity index (χ1) is 8.31. The predicted octanol–water partition coefficient (Wildman–Crippen LogP) is 2.60. The highest BCUT2D eigenvalue weighted by Gasteiger charge is 2.12. The van der Waals surface area contributed by atoms with Gasteiger partial charge in [0.2, 0.25) is 0 Å². The van der Waals surface area contributed by atoms with Gasteiger partial charge in [-0.1, -0.05) is 15.9 Å². The number of furan rings is 1. The monoisotopic (exact) mass is 294 g/mol. The largest absolute Gasteiger partial charge is 0.460 e. The molecule has 0 bridgehead atoms. The zero-order chi connectivity index (χ0) is 11.7. The van der Waals surface area contributed by atoms with Gasteiger partial charge in [-0.05, 0) is 24.3 Å². The molecule has 2 aromatic rings. The van der Waals surface area contributed by atoms with Crippen LogP contribution in [0.4, 0.5) is 0 Å². The van der Waals surface area contributed by atoms with E-state index >= 15 is 0 Å². The van der Waals surface area contributed by atoms with Crippen LogP contribution in [0.1, 0.15) is 5.76 Å². The van der Waals surface area contributed by atoms with E-state index in [0.29, 0.717) is 0 Å². The molecule has 1 fully saturated rings. The molecule has 1 N–H and O–H groups in total. The van der Waals surface area contributed by atoms with Crippen molar-refractivity contribution in [2.75, 3.05) is 26.2 Å². The van der Waals surface area contributed by atoms with Gasteiger partial charge < -0.3 is 9.73 Å². The average Bonchev–Trinajstić information content (AvgIpc) is 2.71. The fourth-order valence-corrected chi connectivity index (χ4v) is 2.62. The maximum atomic E-state index is 5.84. The maximum Gasteiger partial charge on any atom is 0.134 e. The Bertz CT molecular complexity index is 517. The van der Waals surface area contributed by atoms with E-state index in [-0.39, 0.29) is 0 Å². The van der Waals surface area contributed by atoms with Gasteiger partial charge >= 0.3 is 0 Å². The third-order valence-electron chi connectivity index (χ3n) is 3.12. The van der Waals surface area contributed by atoms with Crippen molar-refractivity contribution in [3.8, 4) is 0 Å². The van der Waals surface area contributed by atoms with Gasteiger partial charge in [-0.3, -0.25) is 4.90 Å². The first kappa shape index (κ1) is 11.3. The summed E-state index contributed by atoms with van der Waals surface area (Å²) in [6.07, 6.45) is 0. The number of nitrogens with one attached hydrogen (secondary N) is 1. The zero-order valence-corrected chi connectivity index (χ0v) is 11.2. The van der Waals surface area contributed by atoms with E-state index < -0.39 is 0 Å². The van der Waals surface area contributed by atoms with Crippen molar-refractivity contribution in [1.29, 1.82) is 0 Å². The van der Waals surface area contributed by atoms with Crippen molar-refractivity contribution in [2.24, 2.45) is 0 Å². The summed E-state index contributed by atoms with van der Waals surface area (Å²) >= 11 is 3.48. The Kier molecular flexibility index (Phi) is 3.18. The van der Waals surface area contributed by atoms with Gasteiger partial charge in [-0.2, -0.15) is 0 Å². The number of hydrogen-bond acceptors (Lipinski definition) is 3. The van der Waals surface area contributed by atoms with E-state index in [0.717, 1.165) is 48.5 Å². The maximum absolute atomic E-state index is 5.84. The number of hydrogen-bond donors (Lipinski definition) is 1. The average molecular weight is 295 g/mol. The van der Waals surface area contributed by atoms with Crippen LogP contribution in [0.15, 0.2) is 33.2 Å². The van der Waals surface area contributed by atoms with Crippen molar-refractivity contribution >= 4 is 26.9 Å². The molecular formula is C13H15BrN2O. The fraction of sp³-hybridized carbons (Fsp3) is 0.385. The van der Waals surface area contributed by atoms with Gasteiger partial charge in [-0.15, -0.1) is 0 Å². The molecule has 0 aliphatic carbocycles. The third-order valence-corrected chi connectivity index (χ3v) is 3.61. The smallest absolute Gasteiger partial charge is 0.134 e. The van der Waals surface area contributed by atoms with E-state index in [1.807, 2.05) is 12.1 Å². The standard InChI is InChI=1S/C13H15BrN2O/c14-11-1-2-13-10(7-11)8-12(17-13)9-16-5-3-15-4-6-16/h1-2,7-8,15H,3-6,9H2. The lowest BCUT2D eigenvalue weighted by Crippen LogP contribution is -2.42. The van der Waals surface area contributed by atoms with Gasteiger partial charge in [0.1, 0.15) is 11.3 Å². The highest BCUT2D eigenvalue weighted by atomic mass is 79.9. The molecule has 3 nitrogen and oxygen atoms in total. The molecule has 1 aliphatic heterocycles. The summed E-state index contributed by atoms with van der Waals surface area (Å²) in [5.41, 5.74) is 0.971. The van der Waals surface area contributed by atoms with Crippen LogP contribution in [0.25, 0.3) is 11.0 Å². The van der Waals surface area contributed by atoms with Crippen molar-refractivity contribution in [3.05, 3.63) is 34.5 Å². The van der Waals surface area contributed by atoms with Crippen LogP contribution < -0.4 is 5.32 Å². The Labute approximate surface area is 109 Å². The minimum atomic E-state index is 0.911. The van der Waals surface area contributed by atoms with Crippen molar-refractivity contribution in [2.45, 2.75) is 6.54 Å². The van der Waals surface area contributed by atoms with Crippen LogP contribution in [0.5, 0.6) is 0 Å². The molecular weight excluding hydrogens is 280 g/mol. The first-order valence-corrected chi connectivity index (χ1v) is 6.71. The Morgan fingerprint density at radius 3 is 2.88 bits per heavy atom. The molecule has 4 heteroatoms. The van der Waals surface area contributed by atoms with Gasteiger partial charge in [0.15, 0.2) is 0 Å². The van der Waals surface area contributed by atoms with Crippen LogP contribution in [-0.4, -0.2) is 31.1 Å². The second-order valence-corrected chi connectivity index (χ2v) is 5.34. The van der Waals surface area contributed by atoms with E-state index in [1.165, 1.54) is 5.39 Å². The van der Waals surface area contributed by atoms with Crippen LogP contribution >= 0.6 is 15.9 Å². The minimum absolute atomic E-state index is 0.911. The SMILES string of the molecule is Brc1ccc2oc(CN3CCNCC3)cc2c1. The highest BCUT2D eigenvalue weighted by molar-refractivity contribution is 9.10. The van der Waals surface area contributed by atoms with Crippen LogP contribution in [0, 0.1) is 0 Å². The summed E-state index contributed by atoms with van der Waals surface area (Å²) in [4.78, 5) is 2.42. The second kappa shape index (κ2) is 4.80. The number of fused-ring (bicyclic) bond motifs is 1. The molecule has 0 radical (unpaired) electrons. The molecule has 1 aromatic heterocycles. The number of benzene rings is 1. The molecule has 1 saturated heterocycles.